The molecule has 2 rings (SSSR count). The second-order valence-corrected chi connectivity index (χ2v) is 5.70. The van der Waals surface area contributed by atoms with Crippen molar-refractivity contribution in [1.82, 2.24) is 10.2 Å². The summed E-state index contributed by atoms with van der Waals surface area (Å²) in [4.78, 5) is 36.8. The van der Waals surface area contributed by atoms with Crippen molar-refractivity contribution in [3.05, 3.63) is 30.3 Å². The first kappa shape index (κ1) is 17.8. The predicted molar refractivity (Wildman–Crippen MR) is 89.4 cm³/mol. The third kappa shape index (κ3) is 5.57. The molecule has 2 N–H and O–H groups in total. The number of anilines is 1. The van der Waals surface area contributed by atoms with Crippen LogP contribution in [0.5, 0.6) is 0 Å². The summed E-state index contributed by atoms with van der Waals surface area (Å²) in [6.45, 7) is 1.16. The van der Waals surface area contributed by atoms with Crippen LogP contribution in [0, 0.1) is 0 Å². The maximum absolute atomic E-state index is 12.0. The van der Waals surface area contributed by atoms with Crippen molar-refractivity contribution in [2.45, 2.75) is 31.7 Å². The summed E-state index contributed by atoms with van der Waals surface area (Å²) in [5.74, 6) is -0.426. The Bertz CT molecular complexity index is 568. The molecule has 1 aromatic rings. The first-order chi connectivity index (χ1) is 11.6. The van der Waals surface area contributed by atoms with Crippen LogP contribution in [0.3, 0.4) is 0 Å². The van der Waals surface area contributed by atoms with Gasteiger partial charge in [0.1, 0.15) is 0 Å². The van der Waals surface area contributed by atoms with E-state index in [-0.39, 0.29) is 36.8 Å². The van der Waals surface area contributed by atoms with Gasteiger partial charge in [0.05, 0.1) is 13.5 Å². The molecule has 0 bridgehead atoms. The molecule has 0 unspecified atom stereocenters. The minimum atomic E-state index is -0.377. The molecule has 7 nitrogen and oxygen atoms in total. The van der Waals surface area contributed by atoms with Crippen LogP contribution in [-0.2, 0) is 14.3 Å². The molecule has 3 amide bonds. The van der Waals surface area contributed by atoms with Gasteiger partial charge >= 0.3 is 12.0 Å². The highest BCUT2D eigenvalue weighted by Gasteiger charge is 2.24. The number of hydrogen-bond acceptors (Lipinski definition) is 4. The van der Waals surface area contributed by atoms with E-state index in [4.69, 9.17) is 0 Å². The van der Waals surface area contributed by atoms with Gasteiger partial charge in [0.25, 0.3) is 0 Å². The maximum Gasteiger partial charge on any atom is 0.319 e. The molecule has 130 valence electrons. The van der Waals surface area contributed by atoms with E-state index < -0.39 is 0 Å². The van der Waals surface area contributed by atoms with Gasteiger partial charge in [-0.3, -0.25) is 9.59 Å². The monoisotopic (exact) mass is 333 g/mol. The number of para-hydroxylation sites is 1. The number of esters is 1. The molecule has 0 aliphatic carbocycles. The topological polar surface area (TPSA) is 87.7 Å². The van der Waals surface area contributed by atoms with E-state index in [9.17, 15) is 14.4 Å². The van der Waals surface area contributed by atoms with E-state index in [2.05, 4.69) is 15.4 Å². The van der Waals surface area contributed by atoms with Crippen molar-refractivity contribution >= 4 is 23.6 Å². The molecule has 1 saturated heterocycles. The number of rotatable bonds is 5. The predicted octanol–water partition coefficient (Wildman–Crippen LogP) is 1.75. The van der Waals surface area contributed by atoms with Crippen LogP contribution in [-0.4, -0.2) is 49.0 Å². The average Bonchev–Trinajstić information content (AvgIpc) is 2.60. The second-order valence-electron chi connectivity index (χ2n) is 5.70. The minimum Gasteiger partial charge on any atom is -0.469 e. The van der Waals surface area contributed by atoms with Gasteiger partial charge in [-0.15, -0.1) is 0 Å². The first-order valence-corrected chi connectivity index (χ1v) is 8.05. The van der Waals surface area contributed by atoms with Gasteiger partial charge < -0.3 is 20.3 Å². The summed E-state index contributed by atoms with van der Waals surface area (Å²) in [6.07, 6.45) is 1.67. The van der Waals surface area contributed by atoms with Crippen molar-refractivity contribution in [3.63, 3.8) is 0 Å². The highest BCUT2D eigenvalue weighted by Crippen LogP contribution is 2.13. The van der Waals surface area contributed by atoms with Crippen molar-refractivity contribution in [3.8, 4) is 0 Å². The molecule has 1 aliphatic heterocycles. The number of nitrogens with zero attached hydrogens (tertiary/aromatic N) is 1. The highest BCUT2D eigenvalue weighted by atomic mass is 16.5. The molecule has 0 spiro atoms. The molecule has 1 aromatic carbocycles. The second kappa shape index (κ2) is 8.90. The van der Waals surface area contributed by atoms with Gasteiger partial charge in [0, 0.05) is 31.2 Å². The maximum atomic E-state index is 12.0. The number of methoxy groups -OCH3 is 1. The zero-order valence-electron chi connectivity index (χ0n) is 13.8. The molecule has 0 aromatic heterocycles. The van der Waals surface area contributed by atoms with E-state index in [1.807, 2.05) is 30.3 Å². The summed E-state index contributed by atoms with van der Waals surface area (Å²) < 4.78 is 4.53. The van der Waals surface area contributed by atoms with Crippen LogP contribution >= 0.6 is 0 Å². The number of carbonyl (C=O) groups excluding carboxylic acids is 3. The lowest BCUT2D eigenvalue weighted by molar-refractivity contribution is -0.143. The number of urea groups is 1. The van der Waals surface area contributed by atoms with Crippen LogP contribution in [0.15, 0.2) is 30.3 Å². The third-order valence-electron chi connectivity index (χ3n) is 3.99. The van der Waals surface area contributed by atoms with Gasteiger partial charge in [0.2, 0.25) is 5.91 Å². The summed E-state index contributed by atoms with van der Waals surface area (Å²) in [5, 5.41) is 5.70. The Morgan fingerprint density at radius 1 is 1.12 bits per heavy atom. The minimum absolute atomic E-state index is 0.0402. The number of benzene rings is 1. The molecule has 1 fully saturated rings. The van der Waals surface area contributed by atoms with Crippen LogP contribution in [0.4, 0.5) is 10.5 Å². The smallest absolute Gasteiger partial charge is 0.319 e. The molecular weight excluding hydrogens is 310 g/mol. The Morgan fingerprint density at radius 2 is 1.79 bits per heavy atom. The molecular formula is C17H23N3O4. The number of likely N-dealkylation sites (tertiary alicyclic amines) is 1. The van der Waals surface area contributed by atoms with Crippen molar-refractivity contribution < 1.29 is 19.1 Å². The Balaban J connectivity index is 1.69. The van der Waals surface area contributed by atoms with E-state index in [1.54, 1.807) is 4.90 Å². The molecule has 0 saturated carbocycles. The lowest BCUT2D eigenvalue weighted by atomic mass is 10.0. The largest absolute Gasteiger partial charge is 0.469 e. The molecule has 7 heteroatoms. The first-order valence-electron chi connectivity index (χ1n) is 8.05. The highest BCUT2D eigenvalue weighted by molar-refractivity contribution is 5.89. The standard InChI is InChI=1S/C17H23N3O4/c1-24-16(22)8-7-15(21)20-11-9-14(10-12-20)19-17(23)18-13-5-3-2-4-6-13/h2-6,14H,7-12H2,1H3,(H2,18,19,23). The number of nitrogens with one attached hydrogen (secondary N) is 2. The fourth-order valence-electron chi connectivity index (χ4n) is 2.62. The fourth-order valence-corrected chi connectivity index (χ4v) is 2.62. The summed E-state index contributed by atoms with van der Waals surface area (Å²) in [6, 6.07) is 9.04. The molecule has 1 aliphatic rings. The average molecular weight is 333 g/mol. The SMILES string of the molecule is COC(=O)CCC(=O)N1CCC(NC(=O)Nc2ccccc2)CC1. The van der Waals surface area contributed by atoms with Crippen molar-refractivity contribution in [2.24, 2.45) is 0 Å². The van der Waals surface area contributed by atoms with Crippen molar-refractivity contribution in [1.29, 1.82) is 0 Å². The number of carbonyl (C=O) groups is 3. The van der Waals surface area contributed by atoms with E-state index >= 15 is 0 Å². The third-order valence-corrected chi connectivity index (χ3v) is 3.99. The van der Waals surface area contributed by atoms with Gasteiger partial charge in [-0.25, -0.2) is 4.79 Å². The van der Waals surface area contributed by atoms with Gasteiger partial charge in [-0.2, -0.15) is 0 Å². The molecule has 0 radical (unpaired) electrons. The number of amides is 3. The number of ether oxygens (including phenoxy) is 1. The van der Waals surface area contributed by atoms with E-state index in [0.717, 1.165) is 5.69 Å². The number of hydrogen-bond donors (Lipinski definition) is 2. The van der Waals surface area contributed by atoms with Gasteiger partial charge in [-0.1, -0.05) is 18.2 Å². The summed E-state index contributed by atoms with van der Waals surface area (Å²) in [5.41, 5.74) is 0.741. The fraction of sp³-hybridized carbons (Fsp3) is 0.471. The van der Waals surface area contributed by atoms with Crippen LogP contribution in [0.2, 0.25) is 0 Å². The van der Waals surface area contributed by atoms with Gasteiger partial charge in [-0.05, 0) is 25.0 Å². The number of piperidine rings is 1. The lowest BCUT2D eigenvalue weighted by Gasteiger charge is -2.32. The Kier molecular flexibility index (Phi) is 6.60. The van der Waals surface area contributed by atoms with E-state index in [1.165, 1.54) is 7.11 Å². The van der Waals surface area contributed by atoms with Crippen LogP contribution in [0.25, 0.3) is 0 Å². The molecule has 24 heavy (non-hydrogen) atoms. The quantitative estimate of drug-likeness (QED) is 0.804. The molecule has 1 heterocycles. The Hall–Kier alpha value is -2.57. The lowest BCUT2D eigenvalue weighted by Crippen LogP contribution is -2.47. The normalized spacial score (nSPS) is 14.8. The van der Waals surface area contributed by atoms with Crippen LogP contribution in [0.1, 0.15) is 25.7 Å². The zero-order valence-corrected chi connectivity index (χ0v) is 13.8. The summed E-state index contributed by atoms with van der Waals surface area (Å²) >= 11 is 0. The van der Waals surface area contributed by atoms with Crippen LogP contribution < -0.4 is 10.6 Å². The summed E-state index contributed by atoms with van der Waals surface area (Å²) in [7, 11) is 1.31. The van der Waals surface area contributed by atoms with Crippen molar-refractivity contribution in [2.75, 3.05) is 25.5 Å². The van der Waals surface area contributed by atoms with E-state index in [0.29, 0.717) is 25.9 Å². The Labute approximate surface area is 141 Å². The Morgan fingerprint density at radius 3 is 2.42 bits per heavy atom. The molecule has 0 atom stereocenters. The van der Waals surface area contributed by atoms with Gasteiger partial charge in [0.15, 0.2) is 0 Å². The zero-order chi connectivity index (χ0) is 17.4.